The van der Waals surface area contributed by atoms with Gasteiger partial charge in [0.05, 0.1) is 18.2 Å². The first-order valence-electron chi connectivity index (χ1n) is 9.46. The highest BCUT2D eigenvalue weighted by Gasteiger charge is 2.35. The van der Waals surface area contributed by atoms with Crippen molar-refractivity contribution in [3.63, 3.8) is 0 Å². The number of nitrogens with one attached hydrogen (secondary N) is 1. The summed E-state index contributed by atoms with van der Waals surface area (Å²) < 4.78 is 5.44. The molecule has 0 bridgehead atoms. The molecule has 1 aliphatic heterocycles. The molecule has 1 N–H and O–H groups in total. The quantitative estimate of drug-likeness (QED) is 0.856. The van der Waals surface area contributed by atoms with E-state index >= 15 is 0 Å². The Kier molecular flexibility index (Phi) is 5.11. The fourth-order valence-electron chi connectivity index (χ4n) is 3.63. The van der Waals surface area contributed by atoms with Gasteiger partial charge in [0.15, 0.2) is 5.13 Å². The number of ether oxygens (including phenoxy) is 1. The second-order valence-corrected chi connectivity index (χ2v) is 8.00. The molecule has 0 radical (unpaired) electrons. The zero-order valence-corrected chi connectivity index (χ0v) is 16.2. The minimum atomic E-state index is -0.356. The predicted molar refractivity (Wildman–Crippen MR) is 105 cm³/mol. The van der Waals surface area contributed by atoms with Gasteiger partial charge < -0.3 is 15.0 Å². The summed E-state index contributed by atoms with van der Waals surface area (Å²) in [6.07, 6.45) is 4.63. The van der Waals surface area contributed by atoms with Crippen LogP contribution in [-0.2, 0) is 22.4 Å². The van der Waals surface area contributed by atoms with Gasteiger partial charge in [-0.2, -0.15) is 0 Å². The predicted octanol–water partition coefficient (Wildman–Crippen LogP) is 3.41. The van der Waals surface area contributed by atoms with Crippen LogP contribution in [0.15, 0.2) is 24.3 Å². The van der Waals surface area contributed by atoms with Crippen molar-refractivity contribution in [3.05, 3.63) is 34.8 Å². The second-order valence-electron chi connectivity index (χ2n) is 6.92. The minimum absolute atomic E-state index is 0.0299. The smallest absolute Gasteiger partial charge is 0.231 e. The van der Waals surface area contributed by atoms with Gasteiger partial charge in [0.1, 0.15) is 5.75 Å². The van der Waals surface area contributed by atoms with E-state index in [-0.39, 0.29) is 24.2 Å². The van der Waals surface area contributed by atoms with Crippen LogP contribution in [0.3, 0.4) is 0 Å². The number of carbonyl (C=O) groups is 2. The van der Waals surface area contributed by atoms with Gasteiger partial charge in [0.25, 0.3) is 0 Å². The summed E-state index contributed by atoms with van der Waals surface area (Å²) in [6, 6.07) is 7.41. The van der Waals surface area contributed by atoms with Crippen LogP contribution in [0.5, 0.6) is 5.75 Å². The first kappa shape index (κ1) is 18.0. The van der Waals surface area contributed by atoms with Gasteiger partial charge in [-0.25, -0.2) is 4.98 Å². The third kappa shape index (κ3) is 3.83. The van der Waals surface area contributed by atoms with E-state index in [0.717, 1.165) is 36.4 Å². The topological polar surface area (TPSA) is 71.5 Å². The molecule has 2 heterocycles. The van der Waals surface area contributed by atoms with Crippen LogP contribution in [0, 0.1) is 5.92 Å². The molecule has 27 heavy (non-hydrogen) atoms. The summed E-state index contributed by atoms with van der Waals surface area (Å²) in [6.45, 7) is 2.92. The Labute approximate surface area is 162 Å². The third-order valence-corrected chi connectivity index (χ3v) is 6.10. The van der Waals surface area contributed by atoms with Crippen molar-refractivity contribution in [2.45, 2.75) is 39.0 Å². The van der Waals surface area contributed by atoms with Crippen LogP contribution in [0.2, 0.25) is 0 Å². The lowest BCUT2D eigenvalue weighted by Crippen LogP contribution is -2.28. The average molecular weight is 385 g/mol. The lowest BCUT2D eigenvalue weighted by atomic mass is 10.0. The van der Waals surface area contributed by atoms with Crippen molar-refractivity contribution >= 4 is 34.0 Å². The fourth-order valence-corrected chi connectivity index (χ4v) is 4.69. The summed E-state index contributed by atoms with van der Waals surface area (Å²) in [5.74, 6) is 0.264. The van der Waals surface area contributed by atoms with Gasteiger partial charge in [-0.1, -0.05) is 0 Å². The molecule has 1 fully saturated rings. The summed E-state index contributed by atoms with van der Waals surface area (Å²) in [5.41, 5.74) is 1.92. The second kappa shape index (κ2) is 7.68. The molecule has 0 unspecified atom stereocenters. The Morgan fingerprint density at radius 3 is 2.81 bits per heavy atom. The van der Waals surface area contributed by atoms with Gasteiger partial charge in [-0.3, -0.25) is 9.59 Å². The first-order chi connectivity index (χ1) is 13.1. The monoisotopic (exact) mass is 385 g/mol. The van der Waals surface area contributed by atoms with Crippen LogP contribution < -0.4 is 15.0 Å². The third-order valence-electron chi connectivity index (χ3n) is 5.03. The molecular weight excluding hydrogens is 362 g/mol. The number of amides is 2. The molecule has 1 atom stereocenters. The normalized spacial score (nSPS) is 19.1. The van der Waals surface area contributed by atoms with E-state index in [2.05, 4.69) is 10.3 Å². The van der Waals surface area contributed by atoms with E-state index in [0.29, 0.717) is 18.3 Å². The Morgan fingerprint density at radius 1 is 1.30 bits per heavy atom. The molecule has 142 valence electrons. The molecule has 2 aromatic rings. The van der Waals surface area contributed by atoms with Gasteiger partial charge in [-0.15, -0.1) is 11.3 Å². The summed E-state index contributed by atoms with van der Waals surface area (Å²) in [4.78, 5) is 32.6. The number of fused-ring (bicyclic) bond motifs is 1. The molecule has 6 nitrogen and oxygen atoms in total. The van der Waals surface area contributed by atoms with Gasteiger partial charge in [0.2, 0.25) is 11.8 Å². The van der Waals surface area contributed by atoms with Crippen molar-refractivity contribution in [2.75, 3.05) is 23.4 Å². The van der Waals surface area contributed by atoms with E-state index in [9.17, 15) is 9.59 Å². The van der Waals surface area contributed by atoms with Crippen molar-refractivity contribution < 1.29 is 14.3 Å². The summed E-state index contributed by atoms with van der Waals surface area (Å²) in [7, 11) is 0. The van der Waals surface area contributed by atoms with Crippen molar-refractivity contribution in [1.82, 2.24) is 4.98 Å². The standard InChI is InChI=1S/C20H23N3O3S/c1-2-26-15-9-7-14(8-10-15)23-12-13(11-18(23)24)19(25)22-20-21-16-5-3-4-6-17(16)27-20/h7-10,13H,2-6,11-12H2,1H3,(H,21,22,25)/t13-/m0/s1. The lowest BCUT2D eigenvalue weighted by molar-refractivity contribution is -0.122. The number of carbonyl (C=O) groups excluding carboxylic acids is 2. The molecule has 1 saturated heterocycles. The Bertz CT molecular complexity index is 823. The molecule has 2 amide bonds. The number of rotatable bonds is 5. The van der Waals surface area contributed by atoms with Gasteiger partial charge in [-0.05, 0) is 56.9 Å². The van der Waals surface area contributed by atoms with Gasteiger partial charge in [0, 0.05) is 23.5 Å². The SMILES string of the molecule is CCOc1ccc(N2C[C@@H](C(=O)Nc3nc4c(s3)CCCC4)CC2=O)cc1. The van der Waals surface area contributed by atoms with Crippen molar-refractivity contribution in [3.8, 4) is 5.75 Å². The summed E-state index contributed by atoms with van der Waals surface area (Å²) in [5, 5.41) is 3.59. The number of anilines is 2. The number of nitrogens with zero attached hydrogens (tertiary/aromatic N) is 2. The lowest BCUT2D eigenvalue weighted by Gasteiger charge is -2.17. The van der Waals surface area contributed by atoms with Crippen molar-refractivity contribution in [1.29, 1.82) is 0 Å². The number of benzene rings is 1. The largest absolute Gasteiger partial charge is 0.494 e. The maximum atomic E-state index is 12.6. The van der Waals surface area contributed by atoms with Crippen LogP contribution in [0.25, 0.3) is 0 Å². The van der Waals surface area contributed by atoms with E-state index < -0.39 is 0 Å². The van der Waals surface area contributed by atoms with Crippen LogP contribution in [0.4, 0.5) is 10.8 Å². The van der Waals surface area contributed by atoms with E-state index in [1.54, 1.807) is 16.2 Å². The maximum Gasteiger partial charge on any atom is 0.231 e. The van der Waals surface area contributed by atoms with E-state index in [1.165, 1.54) is 11.3 Å². The zero-order chi connectivity index (χ0) is 18.8. The summed E-state index contributed by atoms with van der Waals surface area (Å²) >= 11 is 1.57. The number of hydrogen-bond donors (Lipinski definition) is 1. The molecule has 1 aromatic heterocycles. The van der Waals surface area contributed by atoms with Crippen molar-refractivity contribution in [2.24, 2.45) is 5.92 Å². The van der Waals surface area contributed by atoms with E-state index in [4.69, 9.17) is 4.74 Å². The van der Waals surface area contributed by atoms with Crippen LogP contribution in [-0.4, -0.2) is 29.9 Å². The van der Waals surface area contributed by atoms with Crippen LogP contribution in [0.1, 0.15) is 36.8 Å². The Morgan fingerprint density at radius 2 is 2.07 bits per heavy atom. The maximum absolute atomic E-state index is 12.6. The Balaban J connectivity index is 1.40. The number of aryl methyl sites for hydroxylation is 2. The average Bonchev–Trinajstić information content (AvgIpc) is 3.25. The fraction of sp³-hybridized carbons (Fsp3) is 0.450. The number of hydrogen-bond acceptors (Lipinski definition) is 5. The molecule has 0 spiro atoms. The van der Waals surface area contributed by atoms with Crippen LogP contribution >= 0.6 is 11.3 Å². The highest BCUT2D eigenvalue weighted by Crippen LogP contribution is 2.31. The molecule has 7 heteroatoms. The number of thiazole rings is 1. The molecule has 2 aliphatic rings. The molecule has 4 rings (SSSR count). The molecule has 1 aliphatic carbocycles. The molecular formula is C20H23N3O3S. The number of aromatic nitrogens is 1. The van der Waals surface area contributed by atoms with Gasteiger partial charge >= 0.3 is 0 Å². The first-order valence-corrected chi connectivity index (χ1v) is 10.3. The Hall–Kier alpha value is -2.41. The molecule has 1 aromatic carbocycles. The zero-order valence-electron chi connectivity index (χ0n) is 15.4. The highest BCUT2D eigenvalue weighted by atomic mass is 32.1. The van der Waals surface area contributed by atoms with E-state index in [1.807, 2.05) is 31.2 Å². The highest BCUT2D eigenvalue weighted by molar-refractivity contribution is 7.15. The minimum Gasteiger partial charge on any atom is -0.494 e. The molecule has 0 saturated carbocycles.